The highest BCUT2D eigenvalue weighted by atomic mass is 15.0. The number of benzene rings is 9. The van der Waals surface area contributed by atoms with Gasteiger partial charge in [-0.25, -0.2) is 15.0 Å². The second-order valence-corrected chi connectivity index (χ2v) is 15.6. The van der Waals surface area contributed by atoms with Gasteiger partial charge >= 0.3 is 0 Å². The monoisotopic (exact) mass is 791 g/mol. The molecule has 0 atom stereocenters. The van der Waals surface area contributed by atoms with Gasteiger partial charge in [0.15, 0.2) is 17.5 Å². The Balaban J connectivity index is 1.01. The normalized spacial score (nSPS) is 11.5. The lowest BCUT2D eigenvalue weighted by Crippen LogP contribution is -2.01. The molecule has 0 aliphatic heterocycles. The molecule has 0 N–H and O–H groups in total. The molecule has 0 amide bonds. The van der Waals surface area contributed by atoms with Crippen LogP contribution in [0.1, 0.15) is 0 Å². The molecule has 3 heterocycles. The summed E-state index contributed by atoms with van der Waals surface area (Å²) in [6.45, 7) is 0. The molecule has 0 bridgehead atoms. The molecule has 290 valence electrons. The van der Waals surface area contributed by atoms with Crippen molar-refractivity contribution >= 4 is 43.6 Å². The Morgan fingerprint density at radius 3 is 1.15 bits per heavy atom. The largest absolute Gasteiger partial charge is 0.309 e. The Morgan fingerprint density at radius 1 is 0.258 bits per heavy atom. The fourth-order valence-electron chi connectivity index (χ4n) is 9.17. The van der Waals surface area contributed by atoms with E-state index in [1.807, 2.05) is 60.7 Å². The van der Waals surface area contributed by atoms with E-state index in [1.54, 1.807) is 0 Å². The van der Waals surface area contributed by atoms with Gasteiger partial charge in [-0.15, -0.1) is 0 Å². The predicted molar refractivity (Wildman–Crippen MR) is 256 cm³/mol. The molecule has 5 heteroatoms. The average Bonchev–Trinajstić information content (AvgIpc) is 3.88. The minimum atomic E-state index is 0.623. The van der Waals surface area contributed by atoms with Crippen molar-refractivity contribution in [3.8, 4) is 67.8 Å². The van der Waals surface area contributed by atoms with Crippen LogP contribution in [0.3, 0.4) is 0 Å². The second kappa shape index (κ2) is 14.7. The van der Waals surface area contributed by atoms with Crippen molar-refractivity contribution in [2.24, 2.45) is 0 Å². The lowest BCUT2D eigenvalue weighted by Gasteiger charge is -2.14. The third-order valence-electron chi connectivity index (χ3n) is 12.0. The number of rotatable bonds is 7. The Labute approximate surface area is 358 Å². The van der Waals surface area contributed by atoms with Crippen molar-refractivity contribution in [3.63, 3.8) is 0 Å². The van der Waals surface area contributed by atoms with E-state index in [0.717, 1.165) is 50.2 Å². The highest BCUT2D eigenvalue weighted by Crippen LogP contribution is 2.41. The van der Waals surface area contributed by atoms with E-state index in [9.17, 15) is 0 Å². The molecule has 0 saturated carbocycles. The van der Waals surface area contributed by atoms with Crippen LogP contribution in [0, 0.1) is 0 Å². The molecule has 0 spiro atoms. The van der Waals surface area contributed by atoms with Gasteiger partial charge in [0.2, 0.25) is 0 Å². The van der Waals surface area contributed by atoms with Crippen molar-refractivity contribution in [1.29, 1.82) is 0 Å². The third-order valence-corrected chi connectivity index (χ3v) is 12.0. The van der Waals surface area contributed by atoms with Gasteiger partial charge in [-0.05, 0) is 47.5 Å². The first-order valence-electron chi connectivity index (χ1n) is 21.0. The fraction of sp³-hybridized carbons (Fsp3) is 0. The standard InChI is InChI=1S/C57H37N5/c1-4-17-40(18-5-1)55-58-56(41-19-6-2-7-20-41)60-57(59-55)42-21-14-24-44(37-42)62-52-32-13-11-26-48(52)50-30-16-28-46(54(50)62)39-35-33-38(34-36-39)45-27-15-29-49-47-25-10-12-31-51(47)61(53(45)49)43-22-8-3-9-23-43/h1-37H. The zero-order valence-corrected chi connectivity index (χ0v) is 33.6. The highest BCUT2D eigenvalue weighted by Gasteiger charge is 2.20. The van der Waals surface area contributed by atoms with Gasteiger partial charge in [0, 0.05) is 60.7 Å². The highest BCUT2D eigenvalue weighted by molar-refractivity contribution is 6.15. The molecule has 62 heavy (non-hydrogen) atoms. The number of para-hydroxylation sites is 5. The fourth-order valence-corrected chi connectivity index (χ4v) is 9.17. The molecule has 12 rings (SSSR count). The molecule has 0 aliphatic rings. The maximum absolute atomic E-state index is 5.07. The van der Waals surface area contributed by atoms with Crippen LogP contribution in [-0.2, 0) is 0 Å². The number of aromatic nitrogens is 5. The Kier molecular flexibility index (Phi) is 8.42. The number of nitrogens with zero attached hydrogens (tertiary/aromatic N) is 5. The quantitative estimate of drug-likeness (QED) is 0.162. The van der Waals surface area contributed by atoms with Gasteiger partial charge in [0.1, 0.15) is 0 Å². The van der Waals surface area contributed by atoms with E-state index in [-0.39, 0.29) is 0 Å². The van der Waals surface area contributed by atoms with Crippen molar-refractivity contribution < 1.29 is 0 Å². The number of hydrogen-bond donors (Lipinski definition) is 0. The summed E-state index contributed by atoms with van der Waals surface area (Å²) in [5.41, 5.74) is 14.3. The van der Waals surface area contributed by atoms with Crippen LogP contribution in [0.15, 0.2) is 224 Å². The summed E-state index contributed by atoms with van der Waals surface area (Å²) in [4.78, 5) is 15.1. The molecule has 3 aromatic heterocycles. The van der Waals surface area contributed by atoms with Gasteiger partial charge in [-0.3, -0.25) is 0 Å². The number of hydrogen-bond acceptors (Lipinski definition) is 3. The second-order valence-electron chi connectivity index (χ2n) is 15.6. The molecule has 0 radical (unpaired) electrons. The van der Waals surface area contributed by atoms with E-state index in [1.165, 1.54) is 43.7 Å². The zero-order valence-electron chi connectivity index (χ0n) is 33.6. The van der Waals surface area contributed by atoms with Gasteiger partial charge in [-0.1, -0.05) is 188 Å². The molecule has 0 fully saturated rings. The summed E-state index contributed by atoms with van der Waals surface area (Å²) in [6, 6.07) is 79.3. The summed E-state index contributed by atoms with van der Waals surface area (Å²) < 4.78 is 4.80. The van der Waals surface area contributed by atoms with Crippen LogP contribution >= 0.6 is 0 Å². The topological polar surface area (TPSA) is 48.5 Å². The van der Waals surface area contributed by atoms with Crippen LogP contribution in [0.25, 0.3) is 111 Å². The maximum Gasteiger partial charge on any atom is 0.164 e. The maximum atomic E-state index is 5.07. The molecular formula is C57H37N5. The van der Waals surface area contributed by atoms with Crippen molar-refractivity contribution in [1.82, 2.24) is 24.1 Å². The van der Waals surface area contributed by atoms with E-state index in [0.29, 0.717) is 17.5 Å². The van der Waals surface area contributed by atoms with Crippen LogP contribution in [0.4, 0.5) is 0 Å². The molecule has 0 unspecified atom stereocenters. The van der Waals surface area contributed by atoms with Gasteiger partial charge in [0.05, 0.1) is 22.1 Å². The van der Waals surface area contributed by atoms with Crippen molar-refractivity contribution in [2.45, 2.75) is 0 Å². The minimum absolute atomic E-state index is 0.623. The van der Waals surface area contributed by atoms with E-state index >= 15 is 0 Å². The minimum Gasteiger partial charge on any atom is -0.309 e. The summed E-state index contributed by atoms with van der Waals surface area (Å²) in [5, 5.41) is 4.89. The number of fused-ring (bicyclic) bond motifs is 6. The zero-order chi connectivity index (χ0) is 41.0. The van der Waals surface area contributed by atoms with Crippen LogP contribution in [-0.4, -0.2) is 24.1 Å². The molecule has 5 nitrogen and oxygen atoms in total. The first-order chi connectivity index (χ1) is 30.8. The Hall–Kier alpha value is -8.41. The summed E-state index contributed by atoms with van der Waals surface area (Å²) in [7, 11) is 0. The van der Waals surface area contributed by atoms with Gasteiger partial charge in [-0.2, -0.15) is 0 Å². The smallest absolute Gasteiger partial charge is 0.164 e. The van der Waals surface area contributed by atoms with Crippen molar-refractivity contribution in [2.75, 3.05) is 0 Å². The molecular weight excluding hydrogens is 755 g/mol. The van der Waals surface area contributed by atoms with Crippen LogP contribution < -0.4 is 0 Å². The summed E-state index contributed by atoms with van der Waals surface area (Å²) in [5.74, 6) is 1.90. The van der Waals surface area contributed by atoms with E-state index in [2.05, 4.69) is 173 Å². The SMILES string of the molecule is c1ccc(-c2nc(-c3ccccc3)nc(-c3cccc(-n4c5ccccc5c5cccc(-c6ccc(-c7cccc8c9ccccc9n(-c9ccccc9)c78)cc6)c54)c3)n2)cc1. The van der Waals surface area contributed by atoms with E-state index in [4.69, 9.17) is 15.0 Å². The first kappa shape index (κ1) is 35.5. The van der Waals surface area contributed by atoms with E-state index < -0.39 is 0 Å². The van der Waals surface area contributed by atoms with Gasteiger partial charge in [0.25, 0.3) is 0 Å². The summed E-state index contributed by atoms with van der Waals surface area (Å²) >= 11 is 0. The predicted octanol–water partition coefficient (Wildman–Crippen LogP) is 14.4. The summed E-state index contributed by atoms with van der Waals surface area (Å²) in [6.07, 6.45) is 0. The molecule has 9 aromatic carbocycles. The molecule has 0 aliphatic carbocycles. The lowest BCUT2D eigenvalue weighted by molar-refractivity contribution is 1.07. The third kappa shape index (κ3) is 5.90. The molecule has 0 saturated heterocycles. The molecule has 12 aromatic rings. The first-order valence-corrected chi connectivity index (χ1v) is 21.0. The van der Waals surface area contributed by atoms with Gasteiger partial charge < -0.3 is 9.13 Å². The lowest BCUT2D eigenvalue weighted by atomic mass is 9.97. The van der Waals surface area contributed by atoms with Crippen LogP contribution in [0.5, 0.6) is 0 Å². The van der Waals surface area contributed by atoms with Crippen LogP contribution in [0.2, 0.25) is 0 Å². The average molecular weight is 792 g/mol. The Morgan fingerprint density at radius 2 is 0.629 bits per heavy atom. The van der Waals surface area contributed by atoms with Crippen molar-refractivity contribution in [3.05, 3.63) is 224 Å². The Bertz CT molecular complexity index is 3550.